The van der Waals surface area contributed by atoms with Crippen LogP contribution in [0.3, 0.4) is 0 Å². The van der Waals surface area contributed by atoms with E-state index in [0.717, 1.165) is 26.3 Å². The van der Waals surface area contributed by atoms with Gasteiger partial charge in [0, 0.05) is 0 Å². The van der Waals surface area contributed by atoms with Crippen molar-refractivity contribution in [3.05, 3.63) is 192 Å². The van der Waals surface area contributed by atoms with Crippen LogP contribution in [-0.4, -0.2) is 58.1 Å². The van der Waals surface area contributed by atoms with E-state index in [9.17, 15) is 9.90 Å². The third-order valence-corrected chi connectivity index (χ3v) is 13.5. The number of imide groups is 1. The lowest BCUT2D eigenvalue weighted by Gasteiger charge is -2.46. The molecule has 1 aromatic heterocycles. The highest BCUT2D eigenvalue weighted by atomic mass is 32.1. The maximum Gasteiger partial charge on any atom is 0.329 e. The molecule has 6 aromatic carbocycles. The number of morpholine rings is 1. The Hall–Kier alpha value is -7.19. The van der Waals surface area contributed by atoms with Crippen LogP contribution in [-0.2, 0) is 24.5 Å². The van der Waals surface area contributed by atoms with Gasteiger partial charge in [-0.1, -0.05) is 145 Å². The Kier molecular flexibility index (Phi) is 10.7. The van der Waals surface area contributed by atoms with E-state index in [1.165, 1.54) is 11.3 Å². The number of hydrogen-bond acceptors (Lipinski definition) is 10. The molecule has 3 aliphatic heterocycles. The second-order valence-electron chi connectivity index (χ2n) is 16.1. The number of benzene rings is 6. The van der Waals surface area contributed by atoms with Crippen molar-refractivity contribution in [2.75, 3.05) is 23.4 Å². The summed E-state index contributed by atoms with van der Waals surface area (Å²) in [5.74, 6) is -3.00. The monoisotopic (exact) mass is 869 g/mol. The molecule has 0 bridgehead atoms. The highest BCUT2D eigenvalue weighted by Crippen LogP contribution is 2.66. The van der Waals surface area contributed by atoms with Crippen LogP contribution in [0.2, 0.25) is 0 Å². The van der Waals surface area contributed by atoms with Crippen LogP contribution in [0.5, 0.6) is 5.75 Å². The summed E-state index contributed by atoms with van der Waals surface area (Å²) in [6.07, 6.45) is -0.872. The minimum atomic E-state index is -1.92. The first-order valence-electron chi connectivity index (χ1n) is 21.2. The molecule has 2 saturated heterocycles. The fourth-order valence-electron chi connectivity index (χ4n) is 9.96. The first-order valence-corrected chi connectivity index (χ1v) is 22.0. The summed E-state index contributed by atoms with van der Waals surface area (Å²) in [6.45, 7) is 1.71. The molecule has 0 aliphatic carbocycles. The first-order chi connectivity index (χ1) is 31.3. The molecule has 7 aromatic rings. The zero-order chi connectivity index (χ0) is 44.0. The molecule has 4 heterocycles. The number of aliphatic hydroxyl groups is 1. The number of ether oxygens (including phenoxy) is 2. The predicted octanol–water partition coefficient (Wildman–Crippen LogP) is 8.44. The van der Waals surface area contributed by atoms with Gasteiger partial charge in [0.1, 0.15) is 29.9 Å². The Labute approximate surface area is 373 Å². The van der Waals surface area contributed by atoms with Crippen LogP contribution < -0.4 is 20.3 Å². The van der Waals surface area contributed by atoms with Crippen molar-refractivity contribution < 1.29 is 33.8 Å². The number of thiazole rings is 1. The van der Waals surface area contributed by atoms with Crippen LogP contribution in [0, 0.1) is 5.92 Å². The minimum absolute atomic E-state index is 0.0624. The average Bonchev–Trinajstić information content (AvgIpc) is 3.97. The number of aliphatic hydroxyl groups excluding tert-OH is 1. The standard InChI is InChI=1S/C51H43N5O7S/c1-31(32-15-5-2-6-16-32)52-50(61)55-39-23-13-11-21-37(39)51(48(55)60)41(46(58)54-49-53-38-22-12-14-24-40(38)64-49)43-47(59)63-44(34-19-9-4-10-20-34)42(33-17-7-3-8-18-33)56(43)45(51)35-25-27-36(28-26-35)62-30-29-57/h2-28,31,41-45,57H,29-30H2,1H3,(H,52,61)(H,53,54,58)/t31-,41-,42-,43-,44+,45+,51-/m1/s1. The van der Waals surface area contributed by atoms with Gasteiger partial charge >= 0.3 is 12.0 Å². The van der Waals surface area contributed by atoms with Crippen LogP contribution in [0.4, 0.5) is 15.6 Å². The fourth-order valence-corrected chi connectivity index (χ4v) is 10.8. The summed E-state index contributed by atoms with van der Waals surface area (Å²) in [6, 6.07) is 45.8. The Bertz CT molecular complexity index is 2830. The van der Waals surface area contributed by atoms with Crippen LogP contribution in [0.15, 0.2) is 164 Å². The molecular weight excluding hydrogens is 827 g/mol. The van der Waals surface area contributed by atoms with Crippen LogP contribution in [0.25, 0.3) is 10.2 Å². The molecule has 3 N–H and O–H groups in total. The van der Waals surface area contributed by atoms with Gasteiger partial charge in [-0.05, 0) is 65.1 Å². The Balaban J connectivity index is 1.22. The largest absolute Gasteiger partial charge is 0.491 e. The van der Waals surface area contributed by atoms with E-state index in [0.29, 0.717) is 28.1 Å². The number of anilines is 2. The van der Waals surface area contributed by atoms with E-state index in [2.05, 4.69) is 10.6 Å². The highest BCUT2D eigenvalue weighted by molar-refractivity contribution is 7.22. The summed E-state index contributed by atoms with van der Waals surface area (Å²) in [7, 11) is 0. The van der Waals surface area contributed by atoms with Crippen molar-refractivity contribution in [2.45, 2.75) is 42.6 Å². The summed E-state index contributed by atoms with van der Waals surface area (Å²) >= 11 is 1.28. The lowest BCUT2D eigenvalue weighted by molar-refractivity contribution is -0.177. The number of carbonyl (C=O) groups is 4. The molecule has 0 radical (unpaired) electrons. The van der Waals surface area contributed by atoms with Gasteiger partial charge in [0.2, 0.25) is 11.8 Å². The second-order valence-corrected chi connectivity index (χ2v) is 17.2. The molecular formula is C51H43N5O7S. The van der Waals surface area contributed by atoms with Crippen molar-refractivity contribution in [3.8, 4) is 5.75 Å². The number of fused-ring (bicyclic) bond motifs is 4. The normalized spacial score (nSPS) is 23.0. The Morgan fingerprint density at radius 1 is 0.781 bits per heavy atom. The Morgan fingerprint density at radius 3 is 2.12 bits per heavy atom. The smallest absolute Gasteiger partial charge is 0.329 e. The lowest BCUT2D eigenvalue weighted by atomic mass is 9.65. The topological polar surface area (TPSA) is 150 Å². The number of nitrogens with one attached hydrogen (secondary N) is 2. The van der Waals surface area contributed by atoms with E-state index in [1.54, 1.807) is 36.4 Å². The van der Waals surface area contributed by atoms with Gasteiger partial charge in [-0.2, -0.15) is 0 Å². The number of aromatic nitrogens is 1. The molecule has 4 amide bonds. The third kappa shape index (κ3) is 6.80. The molecule has 3 aliphatic rings. The molecule has 10 rings (SSSR count). The van der Waals surface area contributed by atoms with E-state index in [4.69, 9.17) is 14.5 Å². The van der Waals surface area contributed by atoms with Gasteiger partial charge in [0.05, 0.1) is 46.6 Å². The maximum absolute atomic E-state index is 16.3. The van der Waals surface area contributed by atoms with E-state index >= 15 is 14.4 Å². The number of cyclic esters (lactones) is 1. The lowest BCUT2D eigenvalue weighted by Crippen LogP contribution is -2.55. The number of urea groups is 1. The number of carbonyl (C=O) groups excluding carboxylic acids is 4. The number of amides is 4. The zero-order valence-corrected chi connectivity index (χ0v) is 35.4. The van der Waals surface area contributed by atoms with Crippen LogP contribution >= 0.6 is 11.3 Å². The van der Waals surface area contributed by atoms with Gasteiger partial charge < -0.3 is 25.2 Å². The van der Waals surface area contributed by atoms with Crippen molar-refractivity contribution in [3.63, 3.8) is 0 Å². The zero-order valence-electron chi connectivity index (χ0n) is 34.6. The number of nitrogens with zero attached hydrogens (tertiary/aromatic N) is 3. The van der Waals surface area contributed by atoms with Crippen molar-refractivity contribution in [1.29, 1.82) is 0 Å². The summed E-state index contributed by atoms with van der Waals surface area (Å²) < 4.78 is 13.2. The number of hydrogen-bond donors (Lipinski definition) is 3. The fraction of sp³-hybridized carbons (Fsp3) is 0.196. The minimum Gasteiger partial charge on any atom is -0.491 e. The number of rotatable bonds is 10. The molecule has 0 unspecified atom stereocenters. The van der Waals surface area contributed by atoms with Crippen LogP contribution in [0.1, 0.15) is 59.0 Å². The molecule has 13 heteroatoms. The predicted molar refractivity (Wildman–Crippen MR) is 243 cm³/mol. The van der Waals surface area contributed by atoms with Gasteiger partial charge in [0.25, 0.3) is 0 Å². The number of para-hydroxylation sites is 2. The average molecular weight is 870 g/mol. The molecule has 12 nitrogen and oxygen atoms in total. The van der Waals surface area contributed by atoms with Crippen molar-refractivity contribution in [1.82, 2.24) is 15.2 Å². The van der Waals surface area contributed by atoms with Gasteiger partial charge in [-0.15, -0.1) is 0 Å². The van der Waals surface area contributed by atoms with E-state index in [-0.39, 0.29) is 18.3 Å². The third-order valence-electron chi connectivity index (χ3n) is 12.6. The van der Waals surface area contributed by atoms with Crippen molar-refractivity contribution >= 4 is 56.2 Å². The van der Waals surface area contributed by atoms with Gasteiger partial charge in [0.15, 0.2) is 5.13 Å². The van der Waals surface area contributed by atoms with E-state index in [1.807, 2.05) is 139 Å². The van der Waals surface area contributed by atoms with Gasteiger partial charge in [-0.25, -0.2) is 14.7 Å². The Morgan fingerprint density at radius 2 is 1.42 bits per heavy atom. The molecule has 1 spiro atoms. The molecule has 7 atom stereocenters. The molecule has 320 valence electrons. The molecule has 0 saturated carbocycles. The quantitative estimate of drug-likeness (QED) is 0.115. The SMILES string of the molecule is C[C@@H](NC(=O)N1C(=O)[C@@]2(c3ccccc31)[C@H](c1ccc(OCCO)cc1)N1[C@H](c3ccccc3)[C@H](c3ccccc3)OC(=O)[C@H]1[C@@H]2C(=O)Nc1nc2ccccc2s1)c1ccccc1. The van der Waals surface area contributed by atoms with Gasteiger partial charge in [-0.3, -0.25) is 19.3 Å². The molecule has 64 heavy (non-hydrogen) atoms. The van der Waals surface area contributed by atoms with Crippen molar-refractivity contribution in [2.24, 2.45) is 5.92 Å². The highest BCUT2D eigenvalue weighted by Gasteiger charge is 2.75. The maximum atomic E-state index is 16.3. The summed E-state index contributed by atoms with van der Waals surface area (Å²) in [5.41, 5.74) is 2.38. The second kappa shape index (κ2) is 16.8. The van der Waals surface area contributed by atoms with E-state index < -0.39 is 65.4 Å². The number of esters is 1. The summed E-state index contributed by atoms with van der Waals surface area (Å²) in [5, 5.41) is 15.9. The summed E-state index contributed by atoms with van der Waals surface area (Å²) in [4.78, 5) is 70.0. The molecule has 2 fully saturated rings. The first kappa shape index (κ1) is 40.9.